The van der Waals surface area contributed by atoms with Crippen molar-refractivity contribution < 1.29 is 19.1 Å². The minimum absolute atomic E-state index is 0.0424. The second-order valence-corrected chi connectivity index (χ2v) is 4.88. The Bertz CT molecular complexity index is 512. The van der Waals surface area contributed by atoms with Gasteiger partial charge in [0, 0.05) is 26.1 Å². The van der Waals surface area contributed by atoms with E-state index >= 15 is 0 Å². The van der Waals surface area contributed by atoms with Crippen molar-refractivity contribution in [1.82, 2.24) is 0 Å². The van der Waals surface area contributed by atoms with Crippen molar-refractivity contribution in [1.29, 1.82) is 0 Å². The molecule has 0 spiro atoms. The normalized spacial score (nSPS) is 17.2. The van der Waals surface area contributed by atoms with Crippen LogP contribution in [-0.4, -0.2) is 24.3 Å². The van der Waals surface area contributed by atoms with Crippen LogP contribution in [0.2, 0.25) is 0 Å². The van der Waals surface area contributed by atoms with Gasteiger partial charge in [0.25, 0.3) is 5.79 Å². The third-order valence-electron chi connectivity index (χ3n) is 2.71. The first-order valence-corrected chi connectivity index (χ1v) is 6.44. The highest BCUT2D eigenvalue weighted by Crippen LogP contribution is 2.22. The molecule has 0 radical (unpaired) electrons. The number of hydrogen-bond donors (Lipinski definition) is 1. The van der Waals surface area contributed by atoms with Gasteiger partial charge in [-0.3, -0.25) is 0 Å². The predicted molar refractivity (Wildman–Crippen MR) is 73.9 cm³/mol. The van der Waals surface area contributed by atoms with E-state index in [4.69, 9.17) is 9.47 Å². The van der Waals surface area contributed by atoms with Crippen LogP contribution in [0, 0.1) is 0 Å². The molecule has 1 heterocycles. The van der Waals surface area contributed by atoms with Crippen LogP contribution in [-0.2, 0) is 19.1 Å². The summed E-state index contributed by atoms with van der Waals surface area (Å²) in [6.45, 7) is 3.66. The van der Waals surface area contributed by atoms with Crippen molar-refractivity contribution in [2.45, 2.75) is 26.1 Å². The molecule has 1 saturated heterocycles. The van der Waals surface area contributed by atoms with Crippen LogP contribution in [0.5, 0.6) is 0 Å². The van der Waals surface area contributed by atoms with Gasteiger partial charge in [-0.1, -0.05) is 24.3 Å². The summed E-state index contributed by atoms with van der Waals surface area (Å²) in [6.07, 6.45) is 2.06. The van der Waals surface area contributed by atoms with E-state index < -0.39 is 17.7 Å². The number of esters is 2. The van der Waals surface area contributed by atoms with E-state index in [9.17, 15) is 9.59 Å². The molecule has 2 rings (SSSR count). The second-order valence-electron chi connectivity index (χ2n) is 4.88. The lowest BCUT2D eigenvalue weighted by atomic mass is 10.2. The van der Waals surface area contributed by atoms with Gasteiger partial charge in [0.15, 0.2) is 0 Å². The summed E-state index contributed by atoms with van der Waals surface area (Å²) in [4.78, 5) is 23.3. The highest BCUT2D eigenvalue weighted by molar-refractivity contribution is 6.15. The van der Waals surface area contributed by atoms with Gasteiger partial charge in [0.05, 0.1) is 0 Å². The number of para-hydroxylation sites is 1. The van der Waals surface area contributed by atoms with Crippen molar-refractivity contribution in [3.63, 3.8) is 0 Å². The van der Waals surface area contributed by atoms with Crippen molar-refractivity contribution in [2.24, 2.45) is 0 Å². The van der Waals surface area contributed by atoms with Crippen LogP contribution in [0.3, 0.4) is 0 Å². The lowest BCUT2D eigenvalue weighted by Gasteiger charge is -2.29. The Balaban J connectivity index is 1.88. The zero-order valence-electron chi connectivity index (χ0n) is 11.5. The Labute approximate surface area is 117 Å². The van der Waals surface area contributed by atoms with E-state index in [1.165, 1.54) is 19.9 Å². The number of hydrogen-bond acceptors (Lipinski definition) is 5. The number of benzene rings is 1. The molecule has 20 heavy (non-hydrogen) atoms. The van der Waals surface area contributed by atoms with Crippen molar-refractivity contribution in [3.05, 3.63) is 42.0 Å². The lowest BCUT2D eigenvalue weighted by Crippen LogP contribution is -2.41. The molecule has 1 N–H and O–H groups in total. The minimum atomic E-state index is -1.19. The molecule has 5 nitrogen and oxygen atoms in total. The van der Waals surface area contributed by atoms with Crippen LogP contribution in [0.1, 0.15) is 20.3 Å². The summed E-state index contributed by atoms with van der Waals surface area (Å²) in [7, 11) is 0. The topological polar surface area (TPSA) is 64.6 Å². The summed E-state index contributed by atoms with van der Waals surface area (Å²) >= 11 is 0. The molecule has 0 unspecified atom stereocenters. The fourth-order valence-corrected chi connectivity index (χ4v) is 1.82. The van der Waals surface area contributed by atoms with Gasteiger partial charge in [-0.2, -0.15) is 0 Å². The highest BCUT2D eigenvalue weighted by atomic mass is 16.7. The van der Waals surface area contributed by atoms with Crippen LogP contribution in [0.15, 0.2) is 42.0 Å². The molecule has 1 aromatic carbocycles. The van der Waals surface area contributed by atoms with Crippen molar-refractivity contribution in [2.75, 3.05) is 11.9 Å². The lowest BCUT2D eigenvalue weighted by molar-refractivity contribution is -0.222. The third kappa shape index (κ3) is 3.60. The number of cyclic esters (lactones) is 2. The molecule has 0 amide bonds. The van der Waals surface area contributed by atoms with E-state index in [0.717, 1.165) is 5.69 Å². The van der Waals surface area contributed by atoms with Crippen LogP contribution >= 0.6 is 0 Å². The fraction of sp³-hybridized carbons (Fsp3) is 0.333. The Morgan fingerprint density at radius 1 is 1.10 bits per heavy atom. The fourth-order valence-electron chi connectivity index (χ4n) is 1.82. The zero-order valence-corrected chi connectivity index (χ0v) is 11.5. The smallest absolute Gasteiger partial charge is 0.348 e. The van der Waals surface area contributed by atoms with Gasteiger partial charge in [0.1, 0.15) is 5.57 Å². The molecule has 1 fully saturated rings. The number of ether oxygens (including phenoxy) is 2. The van der Waals surface area contributed by atoms with E-state index in [1.54, 1.807) is 0 Å². The summed E-state index contributed by atoms with van der Waals surface area (Å²) in [5.74, 6) is -2.45. The molecule has 0 atom stereocenters. The van der Waals surface area contributed by atoms with Gasteiger partial charge in [0.2, 0.25) is 0 Å². The number of carbonyl (C=O) groups excluding carboxylic acids is 2. The minimum Gasteiger partial charge on any atom is -0.419 e. The van der Waals surface area contributed by atoms with E-state index in [0.29, 0.717) is 13.0 Å². The Morgan fingerprint density at radius 2 is 1.70 bits per heavy atom. The Kier molecular flexibility index (Phi) is 4.08. The molecule has 1 aliphatic heterocycles. The van der Waals surface area contributed by atoms with Gasteiger partial charge < -0.3 is 14.8 Å². The number of nitrogens with one attached hydrogen (secondary N) is 1. The average molecular weight is 275 g/mol. The van der Waals surface area contributed by atoms with Gasteiger partial charge in [-0.15, -0.1) is 0 Å². The number of rotatable bonds is 4. The van der Waals surface area contributed by atoms with E-state index in [1.807, 2.05) is 30.3 Å². The standard InChI is InChI=1S/C15H17NO4/c1-15(2)19-13(17)12(14(18)20-15)9-6-10-16-11-7-4-3-5-8-11/h3-5,7-9,16H,6,10H2,1-2H3. The molecule has 1 aromatic rings. The molecule has 0 saturated carbocycles. The van der Waals surface area contributed by atoms with Crippen molar-refractivity contribution >= 4 is 17.6 Å². The SMILES string of the molecule is CC1(C)OC(=O)C(=CCCNc2ccccc2)C(=O)O1. The second kappa shape index (κ2) is 5.77. The quantitative estimate of drug-likeness (QED) is 0.395. The summed E-state index contributed by atoms with van der Waals surface area (Å²) < 4.78 is 10.0. The first-order chi connectivity index (χ1) is 9.48. The third-order valence-corrected chi connectivity index (χ3v) is 2.71. The first-order valence-electron chi connectivity index (χ1n) is 6.44. The number of anilines is 1. The molecule has 0 aromatic heterocycles. The van der Waals surface area contributed by atoms with Crippen LogP contribution in [0.4, 0.5) is 5.69 Å². The Hall–Kier alpha value is -2.30. The molecule has 0 bridgehead atoms. The van der Waals surface area contributed by atoms with Gasteiger partial charge in [-0.25, -0.2) is 9.59 Å². The largest absolute Gasteiger partial charge is 0.419 e. The molecule has 0 aliphatic carbocycles. The maximum Gasteiger partial charge on any atom is 0.348 e. The summed E-state index contributed by atoms with van der Waals surface area (Å²) in [5.41, 5.74) is 0.944. The maximum atomic E-state index is 11.7. The average Bonchev–Trinajstić information content (AvgIpc) is 2.37. The molecule has 1 aliphatic rings. The zero-order chi connectivity index (χ0) is 14.6. The van der Waals surface area contributed by atoms with E-state index in [2.05, 4.69) is 5.32 Å². The summed E-state index contributed by atoms with van der Waals surface area (Å²) in [6, 6.07) is 9.68. The van der Waals surface area contributed by atoms with E-state index in [-0.39, 0.29) is 5.57 Å². The number of carbonyl (C=O) groups is 2. The highest BCUT2D eigenvalue weighted by Gasteiger charge is 2.38. The van der Waals surface area contributed by atoms with Crippen LogP contribution < -0.4 is 5.32 Å². The molecule has 106 valence electrons. The molecule has 5 heteroatoms. The van der Waals surface area contributed by atoms with Crippen molar-refractivity contribution in [3.8, 4) is 0 Å². The van der Waals surface area contributed by atoms with Gasteiger partial charge >= 0.3 is 11.9 Å². The summed E-state index contributed by atoms with van der Waals surface area (Å²) in [5, 5.41) is 3.18. The van der Waals surface area contributed by atoms with Crippen LogP contribution in [0.25, 0.3) is 0 Å². The monoisotopic (exact) mass is 275 g/mol. The Morgan fingerprint density at radius 3 is 2.30 bits per heavy atom. The predicted octanol–water partition coefficient (Wildman–Crippen LogP) is 2.25. The first kappa shape index (κ1) is 14.1. The molecular formula is C15H17NO4. The van der Waals surface area contributed by atoms with Gasteiger partial charge in [-0.05, 0) is 18.6 Å². The maximum absolute atomic E-state index is 11.7. The molecular weight excluding hydrogens is 258 g/mol.